The summed E-state index contributed by atoms with van der Waals surface area (Å²) in [6.07, 6.45) is -10.3. The molecule has 0 aliphatic carbocycles. The fourth-order valence-corrected chi connectivity index (χ4v) is 2.83. The van der Waals surface area contributed by atoms with Gasteiger partial charge in [-0.3, -0.25) is 4.90 Å². The molecule has 0 saturated heterocycles. The summed E-state index contributed by atoms with van der Waals surface area (Å²) in [6, 6.07) is 4.51. The first-order valence-corrected chi connectivity index (χ1v) is 9.92. The Balaban J connectivity index is 2.66. The number of carbonyl (C=O) groups excluding carboxylic acids is 1. The van der Waals surface area contributed by atoms with E-state index in [4.69, 9.17) is 10.1 Å². The maximum absolute atomic E-state index is 13.8. The van der Waals surface area contributed by atoms with E-state index >= 15 is 0 Å². The lowest BCUT2D eigenvalue weighted by molar-refractivity contribution is -0.143. The molecule has 0 spiro atoms. The largest absolute Gasteiger partial charge is 0.420 e. The van der Waals surface area contributed by atoms with Crippen molar-refractivity contribution in [2.75, 3.05) is 32.1 Å². The van der Waals surface area contributed by atoms with E-state index < -0.39 is 52.3 Å². The minimum absolute atomic E-state index is 0.0509. The highest BCUT2D eigenvalue weighted by Gasteiger charge is 2.41. The maximum Gasteiger partial charge on any atom is 0.420 e. The molecule has 0 aliphatic heterocycles. The van der Waals surface area contributed by atoms with Gasteiger partial charge >= 0.3 is 18.4 Å². The van der Waals surface area contributed by atoms with Crippen molar-refractivity contribution in [2.24, 2.45) is 0 Å². The Morgan fingerprint density at radius 2 is 1.69 bits per heavy atom. The van der Waals surface area contributed by atoms with E-state index in [-0.39, 0.29) is 18.3 Å². The van der Waals surface area contributed by atoms with Crippen LogP contribution >= 0.6 is 0 Å². The van der Waals surface area contributed by atoms with Crippen LogP contribution in [0.2, 0.25) is 0 Å². The van der Waals surface area contributed by atoms with Crippen molar-refractivity contribution in [3.8, 4) is 5.75 Å². The number of amides is 1. The molecule has 0 bridgehead atoms. The summed E-state index contributed by atoms with van der Waals surface area (Å²) in [4.78, 5) is 13.4. The lowest BCUT2D eigenvalue weighted by atomic mass is 9.98. The van der Waals surface area contributed by atoms with E-state index in [1.165, 1.54) is 0 Å². The summed E-state index contributed by atoms with van der Waals surface area (Å²) >= 11 is 0. The van der Waals surface area contributed by atoms with Gasteiger partial charge in [0.05, 0.1) is 11.1 Å². The molecule has 0 saturated carbocycles. The molecule has 0 aromatic heterocycles. The first-order chi connectivity index (χ1) is 16.3. The molecular formula is C22H21F7N4O2. The second-order valence-electron chi connectivity index (χ2n) is 7.10. The lowest BCUT2D eigenvalue weighted by Crippen LogP contribution is -2.30. The lowest BCUT2D eigenvalue weighted by Gasteiger charge is -2.22. The highest BCUT2D eigenvalue weighted by Crippen LogP contribution is 2.44. The number of carbonyl (C=O) groups is 1. The molecule has 0 atom stereocenters. The van der Waals surface area contributed by atoms with Gasteiger partial charge in [-0.2, -0.15) is 26.3 Å². The fraction of sp³-hybridized carbons (Fsp3) is 0.273. The van der Waals surface area contributed by atoms with Crippen LogP contribution in [0.3, 0.4) is 0 Å². The Kier molecular flexibility index (Phi) is 8.85. The molecule has 190 valence electrons. The third kappa shape index (κ3) is 7.18. The van der Waals surface area contributed by atoms with Gasteiger partial charge in [0.25, 0.3) is 0 Å². The Labute approximate surface area is 195 Å². The summed E-state index contributed by atoms with van der Waals surface area (Å²) in [5.74, 6) is -1.85. The molecule has 0 fully saturated rings. The van der Waals surface area contributed by atoms with Crippen LogP contribution in [0.25, 0.3) is 5.57 Å². The predicted molar refractivity (Wildman–Crippen MR) is 116 cm³/mol. The average Bonchev–Trinajstić information content (AvgIpc) is 2.78. The first kappa shape index (κ1) is 27.6. The van der Waals surface area contributed by atoms with Crippen molar-refractivity contribution < 1.29 is 40.3 Å². The van der Waals surface area contributed by atoms with E-state index in [9.17, 15) is 35.5 Å². The molecule has 6 nitrogen and oxygen atoms in total. The summed E-state index contributed by atoms with van der Waals surface area (Å²) in [5, 5.41) is 13.0. The minimum Gasteiger partial charge on any atom is -0.409 e. The van der Waals surface area contributed by atoms with Crippen LogP contribution < -0.4 is 20.3 Å². The normalized spacial score (nSPS) is 12.3. The predicted octanol–water partition coefficient (Wildman–Crippen LogP) is 5.30. The number of benzene rings is 2. The van der Waals surface area contributed by atoms with Crippen molar-refractivity contribution in [1.82, 2.24) is 10.6 Å². The summed E-state index contributed by atoms with van der Waals surface area (Å²) in [6.45, 7) is 0.643. The molecule has 0 aliphatic rings. The van der Waals surface area contributed by atoms with Gasteiger partial charge in [0.2, 0.25) is 0 Å². The van der Waals surface area contributed by atoms with Gasteiger partial charge in [-0.05, 0) is 43.4 Å². The number of hydrogen-bond acceptors (Lipinski definition) is 5. The molecule has 0 unspecified atom stereocenters. The smallest absolute Gasteiger partial charge is 0.409 e. The number of ether oxygens (including phenoxy) is 1. The molecule has 35 heavy (non-hydrogen) atoms. The molecule has 1 amide bonds. The van der Waals surface area contributed by atoms with Crippen LogP contribution in [0.1, 0.15) is 16.7 Å². The first-order valence-electron chi connectivity index (χ1n) is 9.92. The minimum atomic E-state index is -5.34. The summed E-state index contributed by atoms with van der Waals surface area (Å²) in [7, 11) is 2.75. The summed E-state index contributed by atoms with van der Waals surface area (Å²) < 4.78 is 99.8. The zero-order valence-corrected chi connectivity index (χ0v) is 18.4. The van der Waals surface area contributed by atoms with Crippen molar-refractivity contribution >= 4 is 23.6 Å². The van der Waals surface area contributed by atoms with Crippen LogP contribution in [0.15, 0.2) is 42.6 Å². The number of halogens is 7. The maximum atomic E-state index is 13.8. The fourth-order valence-electron chi connectivity index (χ4n) is 2.83. The van der Waals surface area contributed by atoms with Gasteiger partial charge in [0, 0.05) is 49.4 Å². The zero-order valence-electron chi connectivity index (χ0n) is 18.4. The van der Waals surface area contributed by atoms with Gasteiger partial charge < -0.3 is 20.8 Å². The van der Waals surface area contributed by atoms with E-state index in [0.717, 1.165) is 42.4 Å². The highest BCUT2D eigenvalue weighted by molar-refractivity contribution is 6.10. The molecule has 0 radical (unpaired) electrons. The van der Waals surface area contributed by atoms with Crippen LogP contribution in [0, 0.1) is 11.2 Å². The SMILES string of the molecule is CNCCN/C=C(\C=N)c1cc(C(F)(F)F)cc(C(F)(F)F)c1OC(=O)N(C)c1ccc(F)cc1. The number of likely N-dealkylation sites (N-methyl/N-ethyl adjacent to an activating group) is 1. The summed E-state index contributed by atoms with van der Waals surface area (Å²) in [5.41, 5.74) is -4.62. The third-order valence-electron chi connectivity index (χ3n) is 4.64. The van der Waals surface area contributed by atoms with Gasteiger partial charge in [-0.25, -0.2) is 9.18 Å². The Morgan fingerprint density at radius 3 is 2.20 bits per heavy atom. The second kappa shape index (κ2) is 11.2. The number of hydrogen-bond donors (Lipinski definition) is 3. The van der Waals surface area contributed by atoms with Crippen LogP contribution in [0.5, 0.6) is 5.75 Å². The quantitative estimate of drug-likeness (QED) is 0.258. The van der Waals surface area contributed by atoms with Crippen molar-refractivity contribution in [1.29, 1.82) is 5.41 Å². The number of anilines is 1. The molecular weight excluding hydrogens is 485 g/mol. The number of allylic oxidation sites excluding steroid dienone is 1. The molecule has 0 heterocycles. The highest BCUT2D eigenvalue weighted by atomic mass is 19.4. The number of rotatable bonds is 8. The molecule has 2 aromatic rings. The Hall–Kier alpha value is -3.61. The third-order valence-corrected chi connectivity index (χ3v) is 4.64. The van der Waals surface area contributed by atoms with Gasteiger partial charge in [-0.15, -0.1) is 0 Å². The van der Waals surface area contributed by atoms with Crippen LogP contribution in [0.4, 0.5) is 41.2 Å². The average molecular weight is 506 g/mol. The van der Waals surface area contributed by atoms with Gasteiger partial charge in [0.1, 0.15) is 5.82 Å². The van der Waals surface area contributed by atoms with Crippen molar-refractivity contribution in [3.05, 3.63) is 65.1 Å². The topological polar surface area (TPSA) is 77.5 Å². The molecule has 2 rings (SSSR count). The van der Waals surface area contributed by atoms with Crippen molar-refractivity contribution in [2.45, 2.75) is 12.4 Å². The second-order valence-corrected chi connectivity index (χ2v) is 7.10. The molecule has 3 N–H and O–H groups in total. The van der Waals surface area contributed by atoms with Crippen LogP contribution in [-0.4, -0.2) is 39.5 Å². The number of alkyl halides is 6. The molecule has 2 aromatic carbocycles. The molecule has 13 heteroatoms. The van der Waals surface area contributed by atoms with Crippen molar-refractivity contribution in [3.63, 3.8) is 0 Å². The van der Waals surface area contributed by atoms with Gasteiger partial charge in [0.15, 0.2) is 5.75 Å². The van der Waals surface area contributed by atoms with E-state index in [0.29, 0.717) is 18.8 Å². The van der Waals surface area contributed by atoms with E-state index in [2.05, 4.69) is 10.6 Å². The van der Waals surface area contributed by atoms with E-state index in [1.54, 1.807) is 7.05 Å². The number of nitrogens with zero attached hydrogens (tertiary/aromatic N) is 1. The number of nitrogens with one attached hydrogen (secondary N) is 3. The monoisotopic (exact) mass is 506 g/mol. The Morgan fingerprint density at radius 1 is 1.06 bits per heavy atom. The standard InChI is InChI=1S/C22H21F7N4O2/c1-31-7-8-32-12-13(11-30)17-9-14(21(24,25)26)10-18(22(27,28)29)19(17)35-20(34)33(2)16-5-3-15(23)4-6-16/h3-6,9-12,30-32H,7-8H2,1-2H3/b13-12+,30-11?. The van der Waals surface area contributed by atoms with Crippen LogP contribution in [-0.2, 0) is 12.4 Å². The zero-order chi connectivity index (χ0) is 26.4. The Bertz CT molecular complexity index is 1080. The van der Waals surface area contributed by atoms with Gasteiger partial charge in [-0.1, -0.05) is 0 Å². The van der Waals surface area contributed by atoms with E-state index in [1.807, 2.05) is 0 Å².